The standard InChI is InChI=1S/C6H5Cl.C5H8/c7-6-4-2-1-3-5-6;1-2-4-5-3-1/h1-5H;1-2H,3-5H2. The van der Waals surface area contributed by atoms with E-state index in [2.05, 4.69) is 12.2 Å². The van der Waals surface area contributed by atoms with Gasteiger partial charge in [0.15, 0.2) is 0 Å². The summed E-state index contributed by atoms with van der Waals surface area (Å²) in [6.07, 6.45) is 8.50. The fourth-order valence-corrected chi connectivity index (χ4v) is 1.15. The van der Waals surface area contributed by atoms with Crippen molar-refractivity contribution in [2.75, 3.05) is 0 Å². The average molecular weight is 181 g/mol. The Hall–Kier alpha value is -0.750. The van der Waals surface area contributed by atoms with Crippen LogP contribution in [-0.4, -0.2) is 0 Å². The van der Waals surface area contributed by atoms with Crippen LogP contribution in [-0.2, 0) is 0 Å². The Morgan fingerprint density at radius 3 is 1.75 bits per heavy atom. The van der Waals surface area contributed by atoms with Gasteiger partial charge >= 0.3 is 0 Å². The van der Waals surface area contributed by atoms with Gasteiger partial charge in [0.2, 0.25) is 0 Å². The van der Waals surface area contributed by atoms with E-state index >= 15 is 0 Å². The van der Waals surface area contributed by atoms with Gasteiger partial charge in [-0.3, -0.25) is 0 Å². The van der Waals surface area contributed by atoms with Crippen molar-refractivity contribution in [3.8, 4) is 0 Å². The SMILES string of the molecule is C1=CCCC1.Clc1ccccc1. The van der Waals surface area contributed by atoms with Gasteiger partial charge < -0.3 is 0 Å². The number of halogens is 1. The van der Waals surface area contributed by atoms with E-state index in [0.29, 0.717) is 0 Å². The van der Waals surface area contributed by atoms with Crippen molar-refractivity contribution in [1.82, 2.24) is 0 Å². The average Bonchev–Trinajstić information content (AvgIpc) is 2.62. The fraction of sp³-hybridized carbons (Fsp3) is 0.273. The Morgan fingerprint density at radius 2 is 1.50 bits per heavy atom. The summed E-state index contributed by atoms with van der Waals surface area (Å²) in [5.41, 5.74) is 0. The Labute approximate surface area is 78.9 Å². The maximum absolute atomic E-state index is 5.54. The van der Waals surface area contributed by atoms with E-state index in [9.17, 15) is 0 Å². The summed E-state index contributed by atoms with van der Waals surface area (Å²) in [6, 6.07) is 9.44. The number of hydrogen-bond acceptors (Lipinski definition) is 0. The molecule has 12 heavy (non-hydrogen) atoms. The third-order valence-corrected chi connectivity index (χ3v) is 1.89. The zero-order chi connectivity index (χ0) is 8.65. The quantitative estimate of drug-likeness (QED) is 0.528. The fourth-order valence-electron chi connectivity index (χ4n) is 1.00. The highest BCUT2D eigenvalue weighted by Crippen LogP contribution is 2.05. The molecule has 1 heteroatoms. The molecule has 1 aromatic carbocycles. The van der Waals surface area contributed by atoms with Crippen LogP contribution >= 0.6 is 11.6 Å². The van der Waals surface area contributed by atoms with Gasteiger partial charge in [0.05, 0.1) is 0 Å². The summed E-state index contributed by atoms with van der Waals surface area (Å²) in [4.78, 5) is 0. The molecule has 1 aliphatic carbocycles. The minimum absolute atomic E-state index is 0.794. The molecule has 0 radical (unpaired) electrons. The van der Waals surface area contributed by atoms with E-state index < -0.39 is 0 Å². The number of rotatable bonds is 0. The third kappa shape index (κ3) is 4.20. The molecule has 2 rings (SSSR count). The van der Waals surface area contributed by atoms with Crippen LogP contribution in [0.25, 0.3) is 0 Å². The molecule has 0 amide bonds. The molecule has 0 spiro atoms. The first-order valence-electron chi connectivity index (χ1n) is 4.25. The lowest BCUT2D eigenvalue weighted by Crippen LogP contribution is -1.55. The van der Waals surface area contributed by atoms with Gasteiger partial charge in [-0.15, -0.1) is 0 Å². The molecule has 0 saturated heterocycles. The van der Waals surface area contributed by atoms with Crippen LogP contribution in [0.2, 0.25) is 5.02 Å². The van der Waals surface area contributed by atoms with E-state index in [1.54, 1.807) is 0 Å². The molecule has 0 aromatic heterocycles. The monoisotopic (exact) mass is 180 g/mol. The van der Waals surface area contributed by atoms with Crippen LogP contribution in [0.3, 0.4) is 0 Å². The second-order valence-corrected chi connectivity index (χ2v) is 3.13. The second kappa shape index (κ2) is 5.84. The summed E-state index contributed by atoms with van der Waals surface area (Å²) in [5, 5.41) is 0.794. The van der Waals surface area contributed by atoms with Crippen molar-refractivity contribution in [2.45, 2.75) is 19.3 Å². The molecule has 0 bridgehead atoms. The molecule has 1 aromatic rings. The van der Waals surface area contributed by atoms with Gasteiger partial charge in [-0.1, -0.05) is 42.0 Å². The molecular formula is C11H13Cl. The highest BCUT2D eigenvalue weighted by atomic mass is 35.5. The summed E-state index contributed by atoms with van der Waals surface area (Å²) in [5.74, 6) is 0. The van der Waals surface area contributed by atoms with Crippen LogP contribution in [0.4, 0.5) is 0 Å². The van der Waals surface area contributed by atoms with Crippen molar-refractivity contribution in [1.29, 1.82) is 0 Å². The van der Waals surface area contributed by atoms with Crippen molar-refractivity contribution < 1.29 is 0 Å². The van der Waals surface area contributed by atoms with Gasteiger partial charge in [0.25, 0.3) is 0 Å². The van der Waals surface area contributed by atoms with Crippen LogP contribution in [0.5, 0.6) is 0 Å². The highest BCUT2D eigenvalue weighted by molar-refractivity contribution is 6.30. The summed E-state index contributed by atoms with van der Waals surface area (Å²) >= 11 is 5.54. The van der Waals surface area contributed by atoms with Gasteiger partial charge in [-0.05, 0) is 31.4 Å². The van der Waals surface area contributed by atoms with E-state index in [-0.39, 0.29) is 0 Å². The Kier molecular flexibility index (Phi) is 4.55. The first-order chi connectivity index (χ1) is 5.89. The molecule has 0 unspecified atom stereocenters. The van der Waals surface area contributed by atoms with Crippen LogP contribution in [0, 0.1) is 0 Å². The minimum atomic E-state index is 0.794. The normalized spacial score (nSPS) is 13.8. The van der Waals surface area contributed by atoms with Crippen molar-refractivity contribution in [2.24, 2.45) is 0 Å². The van der Waals surface area contributed by atoms with Gasteiger partial charge in [-0.25, -0.2) is 0 Å². The van der Waals surface area contributed by atoms with Gasteiger partial charge in [0.1, 0.15) is 0 Å². The maximum Gasteiger partial charge on any atom is 0.0405 e. The summed E-state index contributed by atoms with van der Waals surface area (Å²) in [6.45, 7) is 0. The molecule has 0 N–H and O–H groups in total. The van der Waals surface area contributed by atoms with E-state index in [1.165, 1.54) is 19.3 Å². The minimum Gasteiger partial charge on any atom is -0.0885 e. The summed E-state index contributed by atoms with van der Waals surface area (Å²) < 4.78 is 0. The molecule has 0 saturated carbocycles. The molecule has 1 aliphatic rings. The molecule has 0 atom stereocenters. The molecule has 0 nitrogen and oxygen atoms in total. The molecule has 0 heterocycles. The first kappa shape index (κ1) is 9.34. The first-order valence-corrected chi connectivity index (χ1v) is 4.63. The zero-order valence-corrected chi connectivity index (χ0v) is 7.80. The number of benzene rings is 1. The molecule has 0 fully saturated rings. The second-order valence-electron chi connectivity index (χ2n) is 2.70. The molecule has 64 valence electrons. The largest absolute Gasteiger partial charge is 0.0885 e. The van der Waals surface area contributed by atoms with Crippen LogP contribution in [0.15, 0.2) is 42.5 Å². The summed E-state index contributed by atoms with van der Waals surface area (Å²) in [7, 11) is 0. The lowest BCUT2D eigenvalue weighted by molar-refractivity contribution is 0.929. The lowest BCUT2D eigenvalue weighted by Gasteiger charge is -1.80. The van der Waals surface area contributed by atoms with Crippen molar-refractivity contribution in [3.05, 3.63) is 47.5 Å². The molecular weight excluding hydrogens is 168 g/mol. The van der Waals surface area contributed by atoms with E-state index in [4.69, 9.17) is 11.6 Å². The molecule has 0 aliphatic heterocycles. The van der Waals surface area contributed by atoms with Crippen molar-refractivity contribution in [3.63, 3.8) is 0 Å². The highest BCUT2D eigenvalue weighted by Gasteiger charge is 1.84. The number of allylic oxidation sites excluding steroid dienone is 2. The Morgan fingerprint density at radius 1 is 0.917 bits per heavy atom. The van der Waals surface area contributed by atoms with E-state index in [0.717, 1.165) is 5.02 Å². The lowest BCUT2D eigenvalue weighted by atomic mass is 10.4. The smallest absolute Gasteiger partial charge is 0.0405 e. The Bertz CT molecular complexity index is 220. The maximum atomic E-state index is 5.54. The van der Waals surface area contributed by atoms with Crippen LogP contribution in [0.1, 0.15) is 19.3 Å². The van der Waals surface area contributed by atoms with Crippen molar-refractivity contribution >= 4 is 11.6 Å². The van der Waals surface area contributed by atoms with Gasteiger partial charge in [-0.2, -0.15) is 0 Å². The topological polar surface area (TPSA) is 0 Å². The predicted octanol–water partition coefficient (Wildman–Crippen LogP) is 4.07. The number of hydrogen-bond donors (Lipinski definition) is 0. The van der Waals surface area contributed by atoms with Gasteiger partial charge in [0, 0.05) is 5.02 Å². The predicted molar refractivity (Wildman–Crippen MR) is 54.4 cm³/mol. The zero-order valence-electron chi connectivity index (χ0n) is 7.04. The van der Waals surface area contributed by atoms with E-state index in [1.807, 2.05) is 30.3 Å². The Balaban J connectivity index is 0.000000127. The third-order valence-electron chi connectivity index (χ3n) is 1.64. The van der Waals surface area contributed by atoms with Crippen LogP contribution < -0.4 is 0 Å².